The van der Waals surface area contributed by atoms with E-state index in [4.69, 9.17) is 4.74 Å². The summed E-state index contributed by atoms with van der Waals surface area (Å²) in [5, 5.41) is 0. The Labute approximate surface area is 202 Å². The van der Waals surface area contributed by atoms with Crippen LogP contribution in [0.2, 0.25) is 0 Å². The number of nitrogens with zero attached hydrogens (tertiary/aromatic N) is 2. The Balaban J connectivity index is 1.61. The number of amides is 1. The average molecular weight is 607 g/mol. The Kier molecular flexibility index (Phi) is 7.98. The first-order chi connectivity index (χ1) is 14.2. The van der Waals surface area contributed by atoms with Gasteiger partial charge in [-0.05, 0) is 82.0 Å². The number of carbonyl (C=O) groups excluding carboxylic acids is 1. The quantitative estimate of drug-likeness (QED) is 0.424. The summed E-state index contributed by atoms with van der Waals surface area (Å²) in [6.45, 7) is 8.25. The van der Waals surface area contributed by atoms with Crippen molar-refractivity contribution in [3.8, 4) is 5.75 Å². The van der Waals surface area contributed by atoms with Gasteiger partial charge in [0.05, 0.1) is 8.95 Å². The van der Waals surface area contributed by atoms with E-state index in [2.05, 4.69) is 66.5 Å². The van der Waals surface area contributed by atoms with Crippen LogP contribution >= 0.6 is 47.8 Å². The maximum Gasteiger partial charge on any atom is 0.260 e. The van der Waals surface area contributed by atoms with E-state index < -0.39 is 0 Å². The largest absolute Gasteiger partial charge is 0.481 e. The van der Waals surface area contributed by atoms with Gasteiger partial charge in [-0.1, -0.05) is 28.1 Å². The molecular formula is C22H24Br3FN2O2. The molecule has 0 N–H and O–H groups in total. The van der Waals surface area contributed by atoms with Crippen LogP contribution in [0, 0.1) is 12.7 Å². The predicted octanol–water partition coefficient (Wildman–Crippen LogP) is 5.92. The summed E-state index contributed by atoms with van der Waals surface area (Å²) < 4.78 is 21.6. The van der Waals surface area contributed by atoms with Crippen LogP contribution in [-0.4, -0.2) is 47.5 Å². The van der Waals surface area contributed by atoms with Crippen molar-refractivity contribution in [2.24, 2.45) is 0 Å². The Morgan fingerprint density at radius 2 is 1.77 bits per heavy atom. The number of benzene rings is 2. The van der Waals surface area contributed by atoms with E-state index in [9.17, 15) is 9.18 Å². The first kappa shape index (κ1) is 23.7. The number of piperazine rings is 1. The maximum atomic E-state index is 13.2. The molecule has 1 fully saturated rings. The second kappa shape index (κ2) is 10.1. The minimum absolute atomic E-state index is 0.0205. The van der Waals surface area contributed by atoms with Gasteiger partial charge >= 0.3 is 0 Å². The highest BCUT2D eigenvalue weighted by Crippen LogP contribution is 2.39. The third kappa shape index (κ3) is 5.44. The number of halogens is 4. The monoisotopic (exact) mass is 604 g/mol. The van der Waals surface area contributed by atoms with Gasteiger partial charge < -0.3 is 9.64 Å². The van der Waals surface area contributed by atoms with Gasteiger partial charge in [0.1, 0.15) is 11.6 Å². The summed E-state index contributed by atoms with van der Waals surface area (Å²) in [6.07, 6.45) is 0. The zero-order valence-corrected chi connectivity index (χ0v) is 21.9. The van der Waals surface area contributed by atoms with Crippen molar-refractivity contribution in [1.29, 1.82) is 0 Å². The second-order valence-corrected chi connectivity index (χ2v) is 10.2. The van der Waals surface area contributed by atoms with Crippen LogP contribution in [0.3, 0.4) is 0 Å². The topological polar surface area (TPSA) is 32.8 Å². The SMILES string of the molecule is Cc1c(Br)cc(Br)c(OCC(=O)N2C[C@H](C)N(Cc3ccc(F)cc3)C[C@H]2C)c1Br. The van der Waals surface area contributed by atoms with Gasteiger partial charge in [0.15, 0.2) is 6.61 Å². The van der Waals surface area contributed by atoms with E-state index in [0.717, 1.165) is 37.6 Å². The molecule has 2 aromatic carbocycles. The Bertz CT molecular complexity index is 924. The summed E-state index contributed by atoms with van der Waals surface area (Å²) >= 11 is 10.6. The second-order valence-electron chi connectivity index (χ2n) is 7.70. The summed E-state index contributed by atoms with van der Waals surface area (Å²) in [5.41, 5.74) is 2.08. The fourth-order valence-electron chi connectivity index (χ4n) is 3.60. The third-order valence-electron chi connectivity index (χ3n) is 5.43. The molecule has 0 spiro atoms. The lowest BCUT2D eigenvalue weighted by atomic mass is 10.1. The zero-order chi connectivity index (χ0) is 22.0. The molecule has 3 rings (SSSR count). The summed E-state index contributed by atoms with van der Waals surface area (Å²) in [5.74, 6) is 0.365. The number of hydrogen-bond acceptors (Lipinski definition) is 3. The molecule has 0 bridgehead atoms. The van der Waals surface area contributed by atoms with Crippen molar-refractivity contribution in [1.82, 2.24) is 9.80 Å². The number of rotatable bonds is 5. The van der Waals surface area contributed by atoms with Crippen LogP contribution < -0.4 is 4.74 Å². The van der Waals surface area contributed by atoms with Crippen LogP contribution in [0.4, 0.5) is 4.39 Å². The van der Waals surface area contributed by atoms with Crippen LogP contribution in [0.25, 0.3) is 0 Å². The molecule has 8 heteroatoms. The summed E-state index contributed by atoms with van der Waals surface area (Å²) in [4.78, 5) is 17.1. The van der Waals surface area contributed by atoms with Crippen molar-refractivity contribution < 1.29 is 13.9 Å². The molecule has 0 aliphatic carbocycles. The van der Waals surface area contributed by atoms with Crippen LogP contribution in [0.5, 0.6) is 5.75 Å². The molecular weight excluding hydrogens is 583 g/mol. The number of carbonyl (C=O) groups is 1. The van der Waals surface area contributed by atoms with E-state index in [1.165, 1.54) is 12.1 Å². The highest BCUT2D eigenvalue weighted by Gasteiger charge is 2.32. The van der Waals surface area contributed by atoms with Gasteiger partial charge in [-0.2, -0.15) is 0 Å². The van der Waals surface area contributed by atoms with E-state index >= 15 is 0 Å². The standard InChI is InChI=1S/C22H24Br3FN2O2/c1-13-10-28(14(2)9-27(13)11-16-4-6-17(26)7-5-16)20(29)12-30-22-19(24)8-18(23)15(3)21(22)25/h4-8,13-14H,9-12H2,1-3H3/t13-,14+/m0/s1. The molecule has 1 heterocycles. The van der Waals surface area contributed by atoms with Gasteiger partial charge in [-0.3, -0.25) is 9.69 Å². The number of hydrogen-bond donors (Lipinski definition) is 0. The fraction of sp³-hybridized carbons (Fsp3) is 0.409. The van der Waals surface area contributed by atoms with Gasteiger partial charge in [0.2, 0.25) is 0 Å². The maximum absolute atomic E-state index is 13.2. The van der Waals surface area contributed by atoms with Crippen molar-refractivity contribution in [2.45, 2.75) is 39.4 Å². The molecule has 1 saturated heterocycles. The third-order valence-corrected chi connectivity index (χ3v) is 7.80. The average Bonchev–Trinajstić information content (AvgIpc) is 2.70. The van der Waals surface area contributed by atoms with Crippen LogP contribution in [0.15, 0.2) is 43.7 Å². The summed E-state index contributed by atoms with van der Waals surface area (Å²) in [7, 11) is 0. The van der Waals surface area contributed by atoms with Crippen LogP contribution in [-0.2, 0) is 11.3 Å². The molecule has 1 aliphatic rings. The molecule has 0 radical (unpaired) electrons. The van der Waals surface area contributed by atoms with Crippen molar-refractivity contribution >= 4 is 53.7 Å². The van der Waals surface area contributed by atoms with Gasteiger partial charge in [-0.15, -0.1) is 0 Å². The van der Waals surface area contributed by atoms with Gasteiger partial charge in [-0.25, -0.2) is 4.39 Å². The molecule has 0 unspecified atom stereocenters. The first-order valence-corrected chi connectivity index (χ1v) is 12.1. The smallest absolute Gasteiger partial charge is 0.260 e. The van der Waals surface area contributed by atoms with Gasteiger partial charge in [0.25, 0.3) is 5.91 Å². The number of ether oxygens (including phenoxy) is 1. The van der Waals surface area contributed by atoms with Crippen molar-refractivity contribution in [3.05, 3.63) is 60.7 Å². The molecule has 162 valence electrons. The van der Waals surface area contributed by atoms with E-state index in [1.54, 1.807) is 0 Å². The van der Waals surface area contributed by atoms with E-state index in [1.807, 2.05) is 30.0 Å². The first-order valence-electron chi connectivity index (χ1n) is 9.72. The summed E-state index contributed by atoms with van der Waals surface area (Å²) in [6, 6.07) is 8.78. The van der Waals surface area contributed by atoms with Crippen molar-refractivity contribution in [2.75, 3.05) is 19.7 Å². The highest BCUT2D eigenvalue weighted by atomic mass is 79.9. The molecule has 2 aromatic rings. The Morgan fingerprint density at radius 3 is 2.43 bits per heavy atom. The normalized spacial score (nSPS) is 19.8. The molecule has 30 heavy (non-hydrogen) atoms. The van der Waals surface area contributed by atoms with E-state index in [-0.39, 0.29) is 30.4 Å². The predicted molar refractivity (Wildman–Crippen MR) is 127 cm³/mol. The van der Waals surface area contributed by atoms with Gasteiger partial charge in [0, 0.05) is 36.2 Å². The molecule has 0 aromatic heterocycles. The minimum Gasteiger partial charge on any atom is -0.481 e. The molecule has 0 saturated carbocycles. The molecule has 1 amide bonds. The highest BCUT2D eigenvalue weighted by molar-refractivity contribution is 9.11. The lowest BCUT2D eigenvalue weighted by Crippen LogP contribution is -2.58. The Morgan fingerprint density at radius 1 is 1.10 bits per heavy atom. The van der Waals surface area contributed by atoms with Crippen molar-refractivity contribution in [3.63, 3.8) is 0 Å². The minimum atomic E-state index is -0.227. The van der Waals surface area contributed by atoms with Crippen LogP contribution in [0.1, 0.15) is 25.0 Å². The molecule has 2 atom stereocenters. The molecule has 1 aliphatic heterocycles. The molecule has 4 nitrogen and oxygen atoms in total. The Hall–Kier alpha value is -0.960. The zero-order valence-electron chi connectivity index (χ0n) is 17.1. The fourth-order valence-corrected chi connectivity index (χ4v) is 5.95. The lowest BCUT2D eigenvalue weighted by Gasteiger charge is -2.44. The van der Waals surface area contributed by atoms with E-state index in [0.29, 0.717) is 12.3 Å². The lowest BCUT2D eigenvalue weighted by molar-refractivity contribution is -0.139.